The van der Waals surface area contributed by atoms with Gasteiger partial charge in [-0.25, -0.2) is 0 Å². The van der Waals surface area contributed by atoms with Gasteiger partial charge in [0.1, 0.15) is 0 Å². The summed E-state index contributed by atoms with van der Waals surface area (Å²) in [5, 5.41) is 0. The van der Waals surface area contributed by atoms with Crippen LogP contribution in [-0.2, 0) is 16.5 Å². The molecule has 0 aromatic rings. The first-order chi connectivity index (χ1) is 5.79. The summed E-state index contributed by atoms with van der Waals surface area (Å²) in [6.45, 7) is 7.27. The summed E-state index contributed by atoms with van der Waals surface area (Å²) in [5.41, 5.74) is 1.07. The molecule has 0 aliphatic heterocycles. The van der Waals surface area contributed by atoms with Crippen LogP contribution >= 0.6 is 0 Å². The fourth-order valence-corrected chi connectivity index (χ4v) is 7.42. The zero-order valence-corrected chi connectivity index (χ0v) is 12.2. The predicted molar refractivity (Wildman–Crippen MR) is 65.5 cm³/mol. The average Bonchev–Trinajstić information content (AvgIpc) is 2.62. The van der Waals surface area contributed by atoms with Gasteiger partial charge in [-0.1, -0.05) is 51.7 Å². The van der Waals surface area contributed by atoms with E-state index in [1.807, 2.05) is 0 Å². The average molecular weight is 257 g/mol. The van der Waals surface area contributed by atoms with E-state index < -0.39 is 8.07 Å². The van der Waals surface area contributed by atoms with E-state index in [9.17, 15) is 0 Å². The molecular formula is C12H26NiSi. The van der Waals surface area contributed by atoms with Crippen molar-refractivity contribution in [3.05, 3.63) is 13.8 Å². The van der Waals surface area contributed by atoms with E-state index in [1.54, 1.807) is 0 Å². The molecule has 88 valence electrons. The molecule has 0 spiro atoms. The second kappa shape index (κ2) is 7.93. The van der Waals surface area contributed by atoms with Gasteiger partial charge in [-0.3, -0.25) is 0 Å². The van der Waals surface area contributed by atoms with Gasteiger partial charge in [0.05, 0.1) is 0 Å². The van der Waals surface area contributed by atoms with Crippen LogP contribution in [0.15, 0.2) is 0 Å². The van der Waals surface area contributed by atoms with Gasteiger partial charge in [-0.05, 0) is 0 Å². The molecular weight excluding hydrogens is 231 g/mol. The molecule has 1 aliphatic carbocycles. The quantitative estimate of drug-likeness (QED) is 0.505. The van der Waals surface area contributed by atoms with Gasteiger partial charge in [-0.2, -0.15) is 12.0 Å². The smallest absolute Gasteiger partial charge is 0.358 e. The maximum Gasteiger partial charge on any atom is 2.00 e. The molecule has 0 heterocycles. The molecule has 1 unspecified atom stereocenters. The van der Waals surface area contributed by atoms with E-state index in [1.165, 1.54) is 37.4 Å². The van der Waals surface area contributed by atoms with E-state index in [0.717, 1.165) is 5.54 Å². The topological polar surface area (TPSA) is 0 Å². The SMILES string of the molecule is CC[Si](CC)(CC)C1[CH-]CCC1.[CH3-].[Ni+2]. The maximum atomic E-state index is 2.64. The summed E-state index contributed by atoms with van der Waals surface area (Å²) in [7, 11) is -0.840. The van der Waals surface area contributed by atoms with Gasteiger partial charge in [0, 0.05) is 8.07 Å². The van der Waals surface area contributed by atoms with Crippen LogP contribution in [0.4, 0.5) is 0 Å². The summed E-state index contributed by atoms with van der Waals surface area (Å²) in [4.78, 5) is 0. The van der Waals surface area contributed by atoms with Gasteiger partial charge in [0.2, 0.25) is 0 Å². The summed E-state index contributed by atoms with van der Waals surface area (Å²) in [5.74, 6) is 0. The Morgan fingerprint density at radius 2 is 1.64 bits per heavy atom. The van der Waals surface area contributed by atoms with Gasteiger partial charge in [0.15, 0.2) is 0 Å². The number of hydrogen-bond acceptors (Lipinski definition) is 0. The monoisotopic (exact) mass is 256 g/mol. The molecule has 1 aliphatic rings. The minimum atomic E-state index is -0.840. The van der Waals surface area contributed by atoms with Crippen molar-refractivity contribution in [1.29, 1.82) is 0 Å². The molecule has 1 saturated carbocycles. The third-order valence-corrected chi connectivity index (χ3v) is 10.4. The molecule has 1 fully saturated rings. The molecule has 0 N–H and O–H groups in total. The fraction of sp³-hybridized carbons (Fsp3) is 0.833. The Morgan fingerprint density at radius 1 is 1.14 bits per heavy atom. The minimum Gasteiger partial charge on any atom is -0.358 e. The van der Waals surface area contributed by atoms with Gasteiger partial charge in [-0.15, -0.1) is 0 Å². The van der Waals surface area contributed by atoms with E-state index in [4.69, 9.17) is 0 Å². The van der Waals surface area contributed by atoms with Gasteiger partial charge in [0.25, 0.3) is 0 Å². The molecule has 2 heteroatoms. The Bertz CT molecular complexity index is 118. The van der Waals surface area contributed by atoms with Gasteiger partial charge >= 0.3 is 16.5 Å². The van der Waals surface area contributed by atoms with Crippen molar-refractivity contribution < 1.29 is 16.5 Å². The predicted octanol–water partition coefficient (Wildman–Crippen LogP) is 4.70. The van der Waals surface area contributed by atoms with Crippen LogP contribution in [0.5, 0.6) is 0 Å². The maximum absolute atomic E-state index is 2.64. The van der Waals surface area contributed by atoms with E-state index in [2.05, 4.69) is 27.2 Å². The van der Waals surface area contributed by atoms with Crippen LogP contribution in [0.25, 0.3) is 0 Å². The van der Waals surface area contributed by atoms with Gasteiger partial charge < -0.3 is 13.8 Å². The van der Waals surface area contributed by atoms with Crippen molar-refractivity contribution in [2.75, 3.05) is 0 Å². The molecule has 1 atom stereocenters. The zero-order valence-electron chi connectivity index (χ0n) is 10.2. The van der Waals surface area contributed by atoms with Crippen molar-refractivity contribution in [1.82, 2.24) is 0 Å². The van der Waals surface area contributed by atoms with Crippen molar-refractivity contribution in [3.63, 3.8) is 0 Å². The largest absolute Gasteiger partial charge is 2.00 e. The van der Waals surface area contributed by atoms with Crippen LogP contribution in [0.2, 0.25) is 23.7 Å². The summed E-state index contributed by atoms with van der Waals surface area (Å²) in [6, 6.07) is 4.50. The molecule has 14 heavy (non-hydrogen) atoms. The summed E-state index contributed by atoms with van der Waals surface area (Å²) < 4.78 is 0. The third kappa shape index (κ3) is 3.38. The standard InChI is InChI=1S/C11H23Si.CH3.Ni/c1-4-12(5-2,6-3)11-9-7-8-10-11;;/h9,11H,4-8,10H2,1-3H3;1H3;/q2*-1;+2. The number of hydrogen-bond donors (Lipinski definition) is 0. The first-order valence-corrected chi connectivity index (χ1v) is 8.32. The molecule has 0 radical (unpaired) electrons. The minimum absolute atomic E-state index is 0. The first-order valence-electron chi connectivity index (χ1n) is 5.62. The molecule has 0 aromatic heterocycles. The first kappa shape index (κ1) is 17.1. The second-order valence-corrected chi connectivity index (χ2v) is 9.78. The Kier molecular flexibility index (Phi) is 9.70. The van der Waals surface area contributed by atoms with Crippen LogP contribution in [0.1, 0.15) is 40.0 Å². The van der Waals surface area contributed by atoms with E-state index >= 15 is 0 Å². The van der Waals surface area contributed by atoms with Crippen molar-refractivity contribution in [3.8, 4) is 0 Å². The molecule has 1 rings (SSSR count). The second-order valence-electron chi connectivity index (χ2n) is 4.20. The Hall–Kier alpha value is 0.710. The van der Waals surface area contributed by atoms with E-state index in [-0.39, 0.29) is 23.9 Å². The molecule has 0 nitrogen and oxygen atoms in total. The Balaban J connectivity index is 0. The van der Waals surface area contributed by atoms with Crippen molar-refractivity contribution >= 4 is 8.07 Å². The van der Waals surface area contributed by atoms with Crippen LogP contribution < -0.4 is 0 Å². The number of rotatable bonds is 4. The summed E-state index contributed by atoms with van der Waals surface area (Å²) >= 11 is 0. The Labute approximate surface area is 102 Å². The Morgan fingerprint density at radius 3 is 1.93 bits per heavy atom. The fourth-order valence-electron chi connectivity index (χ4n) is 2.87. The third-order valence-electron chi connectivity index (χ3n) is 4.07. The molecule has 0 aromatic carbocycles. The molecule has 0 saturated heterocycles. The van der Waals surface area contributed by atoms with Crippen LogP contribution in [0, 0.1) is 13.8 Å². The van der Waals surface area contributed by atoms with Crippen LogP contribution in [-0.4, -0.2) is 8.07 Å². The normalized spacial score (nSPS) is 21.2. The van der Waals surface area contributed by atoms with Crippen LogP contribution in [0.3, 0.4) is 0 Å². The van der Waals surface area contributed by atoms with Crippen molar-refractivity contribution in [2.45, 2.75) is 63.7 Å². The van der Waals surface area contributed by atoms with E-state index in [0.29, 0.717) is 0 Å². The zero-order chi connectivity index (χ0) is 9.03. The molecule has 0 bridgehead atoms. The molecule has 0 amide bonds. The van der Waals surface area contributed by atoms with Crippen molar-refractivity contribution in [2.24, 2.45) is 0 Å². The summed E-state index contributed by atoms with van der Waals surface area (Å²) in [6.07, 6.45) is 7.03.